The minimum absolute atomic E-state index is 0.145. The summed E-state index contributed by atoms with van der Waals surface area (Å²) in [4.78, 5) is 18.2. The molecule has 0 aliphatic carbocycles. The number of unbranched alkanes of at least 4 members (excludes halogenated alkanes) is 1. The summed E-state index contributed by atoms with van der Waals surface area (Å²) >= 11 is 0. The van der Waals surface area contributed by atoms with Gasteiger partial charge in [-0.25, -0.2) is 0 Å². The van der Waals surface area contributed by atoms with Gasteiger partial charge in [-0.1, -0.05) is 63.1 Å². The number of ether oxygens (including phenoxy) is 2. The van der Waals surface area contributed by atoms with Gasteiger partial charge in [-0.05, 0) is 82.2 Å². The number of hydrogen-bond acceptors (Lipinski definition) is 5. The molecule has 1 aliphatic heterocycles. The zero-order valence-electron chi connectivity index (χ0n) is 25.1. The summed E-state index contributed by atoms with van der Waals surface area (Å²) in [6.07, 6.45) is 15.2. The molecular weight excluding hydrogens is 486 g/mol. The molecule has 0 saturated carbocycles. The fraction of sp³-hybridized carbons (Fsp3) is 0.545. The van der Waals surface area contributed by atoms with Crippen LogP contribution in [0.1, 0.15) is 79.2 Å². The molecule has 2 rings (SSSR count). The van der Waals surface area contributed by atoms with Crippen molar-refractivity contribution < 1.29 is 14.3 Å². The molecule has 2 N–H and O–H groups in total. The summed E-state index contributed by atoms with van der Waals surface area (Å²) in [7, 11) is 0. The van der Waals surface area contributed by atoms with Gasteiger partial charge in [-0.15, -0.1) is 0 Å². The van der Waals surface area contributed by atoms with Crippen LogP contribution in [0.4, 0.5) is 5.69 Å². The molecule has 216 valence electrons. The second-order valence-corrected chi connectivity index (χ2v) is 10.6. The highest BCUT2D eigenvalue weighted by atomic mass is 16.7. The SMILES string of the molecule is C/C=C1/OCO/C1=C/C=C/CCN(CC(=O)N(CCCC)c1cccc(CN)c1)[C@H](CC)CC(C)C=C(C)C. The van der Waals surface area contributed by atoms with Crippen molar-refractivity contribution in [1.82, 2.24) is 4.90 Å². The highest BCUT2D eigenvalue weighted by Gasteiger charge is 2.24. The van der Waals surface area contributed by atoms with Gasteiger partial charge in [0.2, 0.25) is 12.7 Å². The maximum Gasteiger partial charge on any atom is 0.241 e. The van der Waals surface area contributed by atoms with Crippen molar-refractivity contribution in [2.24, 2.45) is 11.7 Å². The molecule has 2 atom stereocenters. The summed E-state index contributed by atoms with van der Waals surface area (Å²) in [6, 6.07) is 8.40. The number of anilines is 1. The average molecular weight is 538 g/mol. The van der Waals surface area contributed by atoms with Crippen molar-refractivity contribution in [3.8, 4) is 0 Å². The van der Waals surface area contributed by atoms with Crippen molar-refractivity contribution in [3.05, 3.63) is 77.3 Å². The number of amides is 1. The molecule has 1 fully saturated rings. The number of carbonyl (C=O) groups excluding carboxylic acids is 1. The molecular formula is C33H51N3O3. The normalized spacial score (nSPS) is 16.9. The maximum atomic E-state index is 13.9. The van der Waals surface area contributed by atoms with E-state index in [1.54, 1.807) is 0 Å². The van der Waals surface area contributed by atoms with E-state index in [1.807, 2.05) is 48.3 Å². The van der Waals surface area contributed by atoms with E-state index < -0.39 is 0 Å². The molecule has 1 aromatic carbocycles. The van der Waals surface area contributed by atoms with Gasteiger partial charge in [-0.2, -0.15) is 0 Å². The van der Waals surface area contributed by atoms with Gasteiger partial charge in [0.15, 0.2) is 11.5 Å². The van der Waals surface area contributed by atoms with Crippen LogP contribution in [0.2, 0.25) is 0 Å². The predicted octanol–water partition coefficient (Wildman–Crippen LogP) is 7.09. The first kappa shape index (κ1) is 32.4. The van der Waals surface area contributed by atoms with E-state index in [9.17, 15) is 4.79 Å². The summed E-state index contributed by atoms with van der Waals surface area (Å²) in [5.74, 6) is 2.13. The molecule has 1 saturated heterocycles. The second kappa shape index (κ2) is 17.7. The molecule has 0 bridgehead atoms. The molecule has 6 heteroatoms. The lowest BCUT2D eigenvalue weighted by Crippen LogP contribution is -2.46. The van der Waals surface area contributed by atoms with Gasteiger partial charge in [0.1, 0.15) is 0 Å². The Bertz CT molecular complexity index is 1010. The first-order valence-electron chi connectivity index (χ1n) is 14.6. The number of hydrogen-bond donors (Lipinski definition) is 1. The average Bonchev–Trinajstić information content (AvgIpc) is 3.38. The molecule has 0 spiro atoms. The van der Waals surface area contributed by atoms with Crippen LogP contribution >= 0.6 is 0 Å². The Morgan fingerprint density at radius 3 is 2.59 bits per heavy atom. The Morgan fingerprint density at radius 2 is 1.92 bits per heavy atom. The van der Waals surface area contributed by atoms with E-state index in [2.05, 4.69) is 57.7 Å². The number of allylic oxidation sites excluding steroid dienone is 5. The van der Waals surface area contributed by atoms with Gasteiger partial charge in [0.05, 0.1) is 6.54 Å². The molecule has 1 aromatic rings. The monoisotopic (exact) mass is 537 g/mol. The highest BCUT2D eigenvalue weighted by molar-refractivity contribution is 5.94. The summed E-state index contributed by atoms with van der Waals surface area (Å²) in [5.41, 5.74) is 9.21. The highest BCUT2D eigenvalue weighted by Crippen LogP contribution is 2.22. The van der Waals surface area contributed by atoms with E-state index in [4.69, 9.17) is 15.2 Å². The van der Waals surface area contributed by atoms with Gasteiger partial charge >= 0.3 is 0 Å². The Hall–Kier alpha value is -2.83. The topological polar surface area (TPSA) is 68.0 Å². The molecule has 1 heterocycles. The van der Waals surface area contributed by atoms with Crippen molar-refractivity contribution in [1.29, 1.82) is 0 Å². The third-order valence-electron chi connectivity index (χ3n) is 6.98. The maximum absolute atomic E-state index is 13.9. The quantitative estimate of drug-likeness (QED) is 0.228. The number of nitrogens with zero attached hydrogens (tertiary/aromatic N) is 2. The Kier molecular flexibility index (Phi) is 14.7. The largest absolute Gasteiger partial charge is 0.454 e. The molecule has 1 amide bonds. The fourth-order valence-corrected chi connectivity index (χ4v) is 5.00. The van der Waals surface area contributed by atoms with E-state index in [1.165, 1.54) is 5.57 Å². The van der Waals surface area contributed by atoms with Crippen LogP contribution < -0.4 is 10.6 Å². The molecule has 1 aliphatic rings. The van der Waals surface area contributed by atoms with Gasteiger partial charge in [0.25, 0.3) is 0 Å². The van der Waals surface area contributed by atoms with E-state index in [0.717, 1.165) is 61.4 Å². The first-order chi connectivity index (χ1) is 18.8. The standard InChI is InChI=1S/C33H51N3O3/c1-7-10-19-36(30-16-14-15-28(22-30)23-34)33(37)24-35(29(8-2)21-27(6)20-26(4)5)18-13-11-12-17-32-31(9-3)38-25-39-32/h9,11-12,14-17,20,22,27,29H,7-8,10,13,18-19,21,23-25,34H2,1-6H3/b12-11+,31-9+,32-17+/t27?,29-/m1/s1. The van der Waals surface area contributed by atoms with Gasteiger partial charge < -0.3 is 20.1 Å². The van der Waals surface area contributed by atoms with Gasteiger partial charge in [-0.3, -0.25) is 9.69 Å². The van der Waals surface area contributed by atoms with Crippen molar-refractivity contribution >= 4 is 11.6 Å². The van der Waals surface area contributed by atoms with Crippen molar-refractivity contribution in [2.75, 3.05) is 31.3 Å². The Balaban J connectivity index is 2.22. The molecule has 0 aromatic heterocycles. The smallest absolute Gasteiger partial charge is 0.241 e. The Morgan fingerprint density at radius 1 is 1.15 bits per heavy atom. The fourth-order valence-electron chi connectivity index (χ4n) is 5.00. The zero-order valence-corrected chi connectivity index (χ0v) is 25.1. The predicted molar refractivity (Wildman–Crippen MR) is 163 cm³/mol. The summed E-state index contributed by atoms with van der Waals surface area (Å²) < 4.78 is 11.0. The second-order valence-electron chi connectivity index (χ2n) is 10.6. The Labute approximate surface area is 237 Å². The minimum Gasteiger partial charge on any atom is -0.454 e. The van der Waals surface area contributed by atoms with E-state index in [0.29, 0.717) is 31.6 Å². The summed E-state index contributed by atoms with van der Waals surface area (Å²) in [6.45, 7) is 15.5. The lowest BCUT2D eigenvalue weighted by Gasteiger charge is -2.34. The minimum atomic E-state index is 0.145. The van der Waals surface area contributed by atoms with Crippen LogP contribution in [0.15, 0.2) is 71.7 Å². The van der Waals surface area contributed by atoms with Crippen molar-refractivity contribution in [2.45, 2.75) is 86.2 Å². The van der Waals surface area contributed by atoms with Crippen LogP contribution in [0.5, 0.6) is 0 Å². The van der Waals surface area contributed by atoms with Crippen LogP contribution in [0.3, 0.4) is 0 Å². The van der Waals surface area contributed by atoms with Crippen LogP contribution in [-0.2, 0) is 20.8 Å². The third kappa shape index (κ3) is 11.1. The molecule has 39 heavy (non-hydrogen) atoms. The molecule has 0 radical (unpaired) electrons. The molecule has 1 unspecified atom stereocenters. The lowest BCUT2D eigenvalue weighted by molar-refractivity contribution is -0.120. The van der Waals surface area contributed by atoms with E-state index in [-0.39, 0.29) is 12.7 Å². The first-order valence-corrected chi connectivity index (χ1v) is 14.6. The van der Waals surface area contributed by atoms with Crippen LogP contribution in [-0.4, -0.2) is 43.3 Å². The number of nitrogens with two attached hydrogens (primary N) is 1. The van der Waals surface area contributed by atoms with Crippen LogP contribution in [0, 0.1) is 5.92 Å². The number of carbonyl (C=O) groups is 1. The van der Waals surface area contributed by atoms with Gasteiger partial charge in [0, 0.05) is 31.4 Å². The number of rotatable bonds is 16. The lowest BCUT2D eigenvalue weighted by atomic mass is 9.96. The van der Waals surface area contributed by atoms with E-state index >= 15 is 0 Å². The number of benzene rings is 1. The van der Waals surface area contributed by atoms with Crippen molar-refractivity contribution in [3.63, 3.8) is 0 Å². The molecule has 6 nitrogen and oxygen atoms in total. The summed E-state index contributed by atoms with van der Waals surface area (Å²) in [5, 5.41) is 0. The third-order valence-corrected chi connectivity index (χ3v) is 6.98. The zero-order chi connectivity index (χ0) is 28.6. The van der Waals surface area contributed by atoms with Crippen LogP contribution in [0.25, 0.3) is 0 Å².